The van der Waals surface area contributed by atoms with Crippen molar-refractivity contribution in [1.29, 1.82) is 0 Å². The minimum Gasteiger partial charge on any atom is -0.219 e. The van der Waals surface area contributed by atoms with Gasteiger partial charge in [-0.05, 0) is 48.4 Å². The van der Waals surface area contributed by atoms with E-state index in [0.29, 0.717) is 5.69 Å². The minimum absolute atomic E-state index is 0.321. The fourth-order valence-corrected chi connectivity index (χ4v) is 4.18. The molecule has 1 aromatic heterocycles. The quantitative estimate of drug-likeness (QED) is 0.194. The first-order valence-corrected chi connectivity index (χ1v) is 12.6. The summed E-state index contributed by atoms with van der Waals surface area (Å²) in [6.07, 6.45) is 13.0. The predicted octanol–water partition coefficient (Wildman–Crippen LogP) is 9.19. The van der Waals surface area contributed by atoms with E-state index in [1.165, 1.54) is 68.1 Å². The zero-order chi connectivity index (χ0) is 22.6. The molecular formula is C30H38FN. The maximum absolute atomic E-state index is 14.5. The molecule has 1 heterocycles. The number of aryl methyl sites for hydroxylation is 2. The van der Waals surface area contributed by atoms with Gasteiger partial charge in [0.25, 0.3) is 0 Å². The van der Waals surface area contributed by atoms with Gasteiger partial charge < -0.3 is 0 Å². The number of pyridine rings is 1. The number of aromatic nitrogens is 1. The molecule has 0 saturated heterocycles. The second kappa shape index (κ2) is 13.2. The van der Waals surface area contributed by atoms with Crippen molar-refractivity contribution in [2.45, 2.75) is 84.5 Å². The number of unbranched alkanes of at least 4 members (excludes halogenated alkanes) is 7. The number of hydrogen-bond acceptors (Lipinski definition) is 1. The van der Waals surface area contributed by atoms with E-state index in [0.717, 1.165) is 30.4 Å². The van der Waals surface area contributed by atoms with Crippen LogP contribution in [-0.2, 0) is 12.8 Å². The Labute approximate surface area is 194 Å². The number of halogens is 1. The fourth-order valence-electron chi connectivity index (χ4n) is 4.18. The standard InChI is InChI=1S/C30H38FN/c1-3-5-7-8-9-11-13-28-22-23-29(32-30(28)31)27-20-18-26(19-21-27)25-16-14-24(15-17-25)12-10-6-4-2/h14-23H,3-13H2,1-2H3. The molecule has 0 saturated carbocycles. The third kappa shape index (κ3) is 7.29. The second-order valence-corrected chi connectivity index (χ2v) is 8.90. The molecule has 0 radical (unpaired) electrons. The predicted molar refractivity (Wildman–Crippen MR) is 135 cm³/mol. The van der Waals surface area contributed by atoms with Crippen molar-refractivity contribution in [3.63, 3.8) is 0 Å². The molecule has 0 amide bonds. The molecule has 3 rings (SSSR count). The Hall–Kier alpha value is -2.48. The summed E-state index contributed by atoms with van der Waals surface area (Å²) in [4.78, 5) is 4.25. The van der Waals surface area contributed by atoms with Gasteiger partial charge in [0.2, 0.25) is 5.95 Å². The highest BCUT2D eigenvalue weighted by Crippen LogP contribution is 2.25. The second-order valence-electron chi connectivity index (χ2n) is 8.90. The Morgan fingerprint density at radius 1 is 0.562 bits per heavy atom. The van der Waals surface area contributed by atoms with Crippen molar-refractivity contribution in [3.05, 3.63) is 77.7 Å². The lowest BCUT2D eigenvalue weighted by Crippen LogP contribution is -1.96. The highest BCUT2D eigenvalue weighted by molar-refractivity contribution is 5.69. The van der Waals surface area contributed by atoms with Crippen LogP contribution in [0.3, 0.4) is 0 Å². The highest BCUT2D eigenvalue weighted by atomic mass is 19.1. The molecule has 2 heteroatoms. The molecule has 2 aromatic carbocycles. The van der Waals surface area contributed by atoms with Gasteiger partial charge in [0.1, 0.15) is 0 Å². The Morgan fingerprint density at radius 3 is 1.75 bits per heavy atom. The van der Waals surface area contributed by atoms with Gasteiger partial charge in [0.05, 0.1) is 5.69 Å². The topological polar surface area (TPSA) is 12.9 Å². The van der Waals surface area contributed by atoms with Crippen LogP contribution in [0.1, 0.15) is 82.8 Å². The van der Waals surface area contributed by atoms with Crippen LogP contribution >= 0.6 is 0 Å². The molecule has 0 aliphatic heterocycles. The molecule has 0 fully saturated rings. The van der Waals surface area contributed by atoms with Gasteiger partial charge in [-0.25, -0.2) is 4.98 Å². The van der Waals surface area contributed by atoms with E-state index in [4.69, 9.17) is 0 Å². The molecule has 0 N–H and O–H groups in total. The summed E-state index contributed by atoms with van der Waals surface area (Å²) in [5.74, 6) is -0.321. The lowest BCUT2D eigenvalue weighted by atomic mass is 9.99. The summed E-state index contributed by atoms with van der Waals surface area (Å²) >= 11 is 0. The third-order valence-corrected chi connectivity index (χ3v) is 6.26. The molecule has 32 heavy (non-hydrogen) atoms. The van der Waals surface area contributed by atoms with Crippen LogP contribution in [0.4, 0.5) is 4.39 Å². The van der Waals surface area contributed by atoms with Crippen LogP contribution in [0.2, 0.25) is 0 Å². The van der Waals surface area contributed by atoms with Crippen molar-refractivity contribution in [3.8, 4) is 22.4 Å². The Balaban J connectivity index is 1.57. The van der Waals surface area contributed by atoms with Crippen molar-refractivity contribution in [2.75, 3.05) is 0 Å². The Kier molecular flexibility index (Phi) is 9.94. The molecule has 1 nitrogen and oxygen atoms in total. The first-order chi connectivity index (χ1) is 15.7. The van der Waals surface area contributed by atoms with E-state index in [1.54, 1.807) is 0 Å². The van der Waals surface area contributed by atoms with Gasteiger partial charge in [-0.1, -0.05) is 113 Å². The van der Waals surface area contributed by atoms with Crippen molar-refractivity contribution in [1.82, 2.24) is 4.98 Å². The van der Waals surface area contributed by atoms with Crippen molar-refractivity contribution < 1.29 is 4.39 Å². The SMILES string of the molecule is CCCCCCCCc1ccc(-c2ccc(-c3ccc(CCCCC)cc3)cc2)nc1F. The Morgan fingerprint density at radius 2 is 1.09 bits per heavy atom. The van der Waals surface area contributed by atoms with Crippen LogP contribution in [0.15, 0.2) is 60.7 Å². The lowest BCUT2D eigenvalue weighted by molar-refractivity contribution is 0.553. The van der Waals surface area contributed by atoms with Gasteiger partial charge in [0, 0.05) is 11.1 Å². The monoisotopic (exact) mass is 431 g/mol. The van der Waals surface area contributed by atoms with Crippen molar-refractivity contribution in [2.24, 2.45) is 0 Å². The van der Waals surface area contributed by atoms with Gasteiger partial charge in [-0.15, -0.1) is 0 Å². The average Bonchev–Trinajstić information content (AvgIpc) is 2.83. The van der Waals surface area contributed by atoms with E-state index >= 15 is 0 Å². The Bertz CT molecular complexity index is 928. The number of hydrogen-bond donors (Lipinski definition) is 0. The summed E-state index contributed by atoms with van der Waals surface area (Å²) in [6, 6.07) is 21.0. The largest absolute Gasteiger partial charge is 0.219 e. The first-order valence-electron chi connectivity index (χ1n) is 12.6. The lowest BCUT2D eigenvalue weighted by Gasteiger charge is -2.08. The molecule has 0 bridgehead atoms. The molecule has 3 aromatic rings. The number of benzene rings is 2. The first kappa shape index (κ1) is 24.2. The maximum atomic E-state index is 14.5. The summed E-state index contributed by atoms with van der Waals surface area (Å²) in [5.41, 5.74) is 6.18. The van der Waals surface area contributed by atoms with Gasteiger partial charge in [-0.2, -0.15) is 4.39 Å². The van der Waals surface area contributed by atoms with Crippen LogP contribution in [0, 0.1) is 5.95 Å². The van der Waals surface area contributed by atoms with Crippen LogP contribution in [0.25, 0.3) is 22.4 Å². The maximum Gasteiger partial charge on any atom is 0.216 e. The van der Waals surface area contributed by atoms with Gasteiger partial charge in [-0.3, -0.25) is 0 Å². The van der Waals surface area contributed by atoms with Crippen LogP contribution < -0.4 is 0 Å². The zero-order valence-corrected chi connectivity index (χ0v) is 19.9. The van der Waals surface area contributed by atoms with E-state index in [-0.39, 0.29) is 5.95 Å². The van der Waals surface area contributed by atoms with E-state index in [1.807, 2.05) is 24.3 Å². The minimum atomic E-state index is -0.321. The molecule has 0 unspecified atom stereocenters. The van der Waals surface area contributed by atoms with E-state index in [9.17, 15) is 4.39 Å². The molecular weight excluding hydrogens is 393 g/mol. The molecule has 170 valence electrons. The number of rotatable bonds is 13. The molecule has 0 aliphatic rings. The smallest absolute Gasteiger partial charge is 0.216 e. The normalized spacial score (nSPS) is 11.1. The van der Waals surface area contributed by atoms with Crippen LogP contribution in [-0.4, -0.2) is 4.98 Å². The number of nitrogens with zero attached hydrogens (tertiary/aromatic N) is 1. The summed E-state index contributed by atoms with van der Waals surface area (Å²) in [5, 5.41) is 0. The zero-order valence-electron chi connectivity index (χ0n) is 19.9. The van der Waals surface area contributed by atoms with Crippen LogP contribution in [0.5, 0.6) is 0 Å². The summed E-state index contributed by atoms with van der Waals surface area (Å²) in [6.45, 7) is 4.46. The van der Waals surface area contributed by atoms with E-state index in [2.05, 4.69) is 55.2 Å². The van der Waals surface area contributed by atoms with E-state index < -0.39 is 0 Å². The third-order valence-electron chi connectivity index (χ3n) is 6.26. The van der Waals surface area contributed by atoms with Gasteiger partial charge >= 0.3 is 0 Å². The van der Waals surface area contributed by atoms with Gasteiger partial charge in [0.15, 0.2) is 0 Å². The summed E-state index contributed by atoms with van der Waals surface area (Å²) in [7, 11) is 0. The average molecular weight is 432 g/mol. The molecule has 0 aliphatic carbocycles. The summed E-state index contributed by atoms with van der Waals surface area (Å²) < 4.78 is 14.5. The molecule has 0 spiro atoms. The molecule has 0 atom stereocenters. The van der Waals surface area contributed by atoms with Crippen molar-refractivity contribution >= 4 is 0 Å². The fraction of sp³-hybridized carbons (Fsp3) is 0.433. The highest BCUT2D eigenvalue weighted by Gasteiger charge is 2.08.